The second kappa shape index (κ2) is 4.82. The van der Waals surface area contributed by atoms with Gasteiger partial charge in [-0.05, 0) is 37.6 Å². The number of carbonyl (C=O) groups is 1. The SMILES string of the molecule is Cc1ccc(CNC(=O)c2ccc(C)o2)cn1. The van der Waals surface area contributed by atoms with Crippen molar-refractivity contribution in [2.75, 3.05) is 0 Å². The lowest BCUT2D eigenvalue weighted by Crippen LogP contribution is -2.22. The minimum atomic E-state index is -0.210. The number of pyridine rings is 1. The van der Waals surface area contributed by atoms with Gasteiger partial charge in [-0.15, -0.1) is 0 Å². The van der Waals surface area contributed by atoms with Gasteiger partial charge in [-0.3, -0.25) is 9.78 Å². The van der Waals surface area contributed by atoms with E-state index in [4.69, 9.17) is 4.42 Å². The number of amides is 1. The van der Waals surface area contributed by atoms with E-state index >= 15 is 0 Å². The van der Waals surface area contributed by atoms with Crippen LogP contribution in [0.1, 0.15) is 27.6 Å². The van der Waals surface area contributed by atoms with Gasteiger partial charge in [0, 0.05) is 18.4 Å². The Kier molecular flexibility index (Phi) is 3.23. The molecule has 88 valence electrons. The highest BCUT2D eigenvalue weighted by atomic mass is 16.3. The van der Waals surface area contributed by atoms with E-state index < -0.39 is 0 Å². The highest BCUT2D eigenvalue weighted by molar-refractivity contribution is 5.91. The normalized spacial score (nSPS) is 10.2. The molecule has 0 bridgehead atoms. The third-order valence-electron chi connectivity index (χ3n) is 2.39. The van der Waals surface area contributed by atoms with Crippen molar-refractivity contribution < 1.29 is 9.21 Å². The summed E-state index contributed by atoms with van der Waals surface area (Å²) in [5.41, 5.74) is 1.92. The average Bonchev–Trinajstić information content (AvgIpc) is 2.75. The summed E-state index contributed by atoms with van der Waals surface area (Å²) in [4.78, 5) is 15.8. The molecular weight excluding hydrogens is 216 g/mol. The van der Waals surface area contributed by atoms with Crippen LogP contribution in [0.5, 0.6) is 0 Å². The van der Waals surface area contributed by atoms with Crippen LogP contribution in [-0.2, 0) is 6.54 Å². The zero-order chi connectivity index (χ0) is 12.3. The maximum Gasteiger partial charge on any atom is 0.287 e. The Bertz CT molecular complexity index is 514. The third-order valence-corrected chi connectivity index (χ3v) is 2.39. The van der Waals surface area contributed by atoms with Crippen LogP contribution in [0.4, 0.5) is 0 Å². The molecule has 2 rings (SSSR count). The summed E-state index contributed by atoms with van der Waals surface area (Å²) in [6, 6.07) is 7.29. The summed E-state index contributed by atoms with van der Waals surface area (Å²) in [6.45, 7) is 4.18. The summed E-state index contributed by atoms with van der Waals surface area (Å²) in [7, 11) is 0. The molecule has 0 spiro atoms. The van der Waals surface area contributed by atoms with Gasteiger partial charge in [0.25, 0.3) is 5.91 Å². The van der Waals surface area contributed by atoms with Crippen molar-refractivity contribution in [2.45, 2.75) is 20.4 Å². The van der Waals surface area contributed by atoms with Crippen LogP contribution in [0.15, 0.2) is 34.9 Å². The molecule has 0 fully saturated rings. The summed E-state index contributed by atoms with van der Waals surface area (Å²) >= 11 is 0. The molecule has 0 saturated carbocycles. The average molecular weight is 230 g/mol. The number of nitrogens with zero attached hydrogens (tertiary/aromatic N) is 1. The number of aryl methyl sites for hydroxylation is 2. The summed E-state index contributed by atoms with van der Waals surface area (Å²) in [6.07, 6.45) is 1.75. The first-order chi connectivity index (χ1) is 8.15. The quantitative estimate of drug-likeness (QED) is 0.879. The second-order valence-electron chi connectivity index (χ2n) is 3.90. The van der Waals surface area contributed by atoms with Crippen LogP contribution < -0.4 is 5.32 Å². The standard InChI is InChI=1S/C13H14N2O2/c1-9-3-5-11(7-14-9)8-15-13(16)12-6-4-10(2)17-12/h3-7H,8H2,1-2H3,(H,15,16). The van der Waals surface area contributed by atoms with E-state index in [0.29, 0.717) is 12.3 Å². The van der Waals surface area contributed by atoms with Gasteiger partial charge in [0.15, 0.2) is 5.76 Å². The van der Waals surface area contributed by atoms with Crippen LogP contribution >= 0.6 is 0 Å². The molecule has 4 heteroatoms. The molecule has 2 aromatic heterocycles. The van der Waals surface area contributed by atoms with E-state index in [1.54, 1.807) is 25.3 Å². The maximum absolute atomic E-state index is 11.7. The van der Waals surface area contributed by atoms with E-state index in [9.17, 15) is 4.79 Å². The van der Waals surface area contributed by atoms with Crippen molar-refractivity contribution in [1.29, 1.82) is 0 Å². The van der Waals surface area contributed by atoms with Gasteiger partial charge >= 0.3 is 0 Å². The van der Waals surface area contributed by atoms with Crippen LogP contribution in [0.25, 0.3) is 0 Å². The topological polar surface area (TPSA) is 55.1 Å². The third kappa shape index (κ3) is 2.93. The molecule has 0 radical (unpaired) electrons. The lowest BCUT2D eigenvalue weighted by atomic mass is 10.2. The summed E-state index contributed by atoms with van der Waals surface area (Å²) in [5.74, 6) is 0.855. The second-order valence-corrected chi connectivity index (χ2v) is 3.90. The number of nitrogens with one attached hydrogen (secondary N) is 1. The Balaban J connectivity index is 1.94. The van der Waals surface area contributed by atoms with Gasteiger partial charge in [-0.25, -0.2) is 0 Å². The Morgan fingerprint density at radius 1 is 1.29 bits per heavy atom. The summed E-state index contributed by atoms with van der Waals surface area (Å²) < 4.78 is 5.23. The number of furan rings is 1. The number of hydrogen-bond donors (Lipinski definition) is 1. The van der Waals surface area contributed by atoms with Crippen molar-refractivity contribution in [3.63, 3.8) is 0 Å². The predicted molar refractivity (Wildman–Crippen MR) is 63.6 cm³/mol. The molecule has 0 aromatic carbocycles. The molecule has 0 unspecified atom stereocenters. The molecule has 2 aromatic rings. The van der Waals surface area contributed by atoms with Gasteiger partial charge in [0.1, 0.15) is 5.76 Å². The minimum Gasteiger partial charge on any atom is -0.456 e. The summed E-state index contributed by atoms with van der Waals surface area (Å²) in [5, 5.41) is 2.78. The van der Waals surface area contributed by atoms with Gasteiger partial charge in [-0.1, -0.05) is 6.07 Å². The molecule has 0 aliphatic carbocycles. The first-order valence-electron chi connectivity index (χ1n) is 5.41. The number of carbonyl (C=O) groups excluding carboxylic acids is 1. The number of rotatable bonds is 3. The molecule has 2 heterocycles. The van der Waals surface area contributed by atoms with E-state index in [2.05, 4.69) is 10.3 Å². The van der Waals surface area contributed by atoms with Gasteiger partial charge in [0.05, 0.1) is 0 Å². The number of hydrogen-bond acceptors (Lipinski definition) is 3. The fourth-order valence-electron chi connectivity index (χ4n) is 1.43. The highest BCUT2D eigenvalue weighted by Gasteiger charge is 2.08. The Morgan fingerprint density at radius 3 is 2.71 bits per heavy atom. The van der Waals surface area contributed by atoms with Crippen molar-refractivity contribution in [3.05, 3.63) is 53.2 Å². The molecule has 4 nitrogen and oxygen atoms in total. The van der Waals surface area contributed by atoms with Crippen LogP contribution in [0, 0.1) is 13.8 Å². The molecule has 0 aliphatic rings. The van der Waals surface area contributed by atoms with Gasteiger partial charge in [0.2, 0.25) is 0 Å². The largest absolute Gasteiger partial charge is 0.456 e. The fourth-order valence-corrected chi connectivity index (χ4v) is 1.43. The first-order valence-corrected chi connectivity index (χ1v) is 5.41. The molecular formula is C13H14N2O2. The molecule has 0 atom stereocenters. The lowest BCUT2D eigenvalue weighted by Gasteiger charge is -2.03. The van der Waals surface area contributed by atoms with E-state index in [1.165, 1.54) is 0 Å². The first kappa shape index (κ1) is 11.4. The van der Waals surface area contributed by atoms with E-state index in [0.717, 1.165) is 17.0 Å². The highest BCUT2D eigenvalue weighted by Crippen LogP contribution is 2.06. The smallest absolute Gasteiger partial charge is 0.287 e. The zero-order valence-electron chi connectivity index (χ0n) is 9.86. The predicted octanol–water partition coefficient (Wildman–Crippen LogP) is 2.22. The minimum absolute atomic E-state index is 0.210. The van der Waals surface area contributed by atoms with Crippen LogP contribution in [0.2, 0.25) is 0 Å². The van der Waals surface area contributed by atoms with Crippen molar-refractivity contribution in [2.24, 2.45) is 0 Å². The van der Waals surface area contributed by atoms with Gasteiger partial charge < -0.3 is 9.73 Å². The van der Waals surface area contributed by atoms with Crippen molar-refractivity contribution in [3.8, 4) is 0 Å². The van der Waals surface area contributed by atoms with E-state index in [-0.39, 0.29) is 5.91 Å². The van der Waals surface area contributed by atoms with Gasteiger partial charge in [-0.2, -0.15) is 0 Å². The van der Waals surface area contributed by atoms with Crippen LogP contribution in [0.3, 0.4) is 0 Å². The van der Waals surface area contributed by atoms with Crippen molar-refractivity contribution >= 4 is 5.91 Å². The Labute approximate surface area is 99.7 Å². The fraction of sp³-hybridized carbons (Fsp3) is 0.231. The Morgan fingerprint density at radius 2 is 2.12 bits per heavy atom. The van der Waals surface area contributed by atoms with Crippen LogP contribution in [-0.4, -0.2) is 10.9 Å². The molecule has 17 heavy (non-hydrogen) atoms. The molecule has 1 amide bonds. The maximum atomic E-state index is 11.7. The Hall–Kier alpha value is -2.10. The number of aromatic nitrogens is 1. The molecule has 1 N–H and O–H groups in total. The lowest BCUT2D eigenvalue weighted by molar-refractivity contribution is 0.0922. The molecule has 0 saturated heterocycles. The zero-order valence-corrected chi connectivity index (χ0v) is 9.86. The molecule has 0 aliphatic heterocycles. The van der Waals surface area contributed by atoms with Crippen molar-refractivity contribution in [1.82, 2.24) is 10.3 Å². The van der Waals surface area contributed by atoms with E-state index in [1.807, 2.05) is 19.1 Å². The monoisotopic (exact) mass is 230 g/mol.